The first-order valence-electron chi connectivity index (χ1n) is 7.31. The van der Waals surface area contributed by atoms with Crippen LogP contribution in [0.5, 0.6) is 0 Å². The molecular formula is C18H26O. The Kier molecular flexibility index (Phi) is 9.25. The molecule has 0 saturated carbocycles. The lowest BCUT2D eigenvalue weighted by molar-refractivity contribution is 0.669. The molecule has 3 aromatic rings. The molecule has 0 N–H and O–H groups in total. The van der Waals surface area contributed by atoms with Crippen molar-refractivity contribution < 1.29 is 4.42 Å². The first-order valence-corrected chi connectivity index (χ1v) is 7.31. The average Bonchev–Trinajstić information content (AvgIpc) is 2.92. The van der Waals surface area contributed by atoms with E-state index < -0.39 is 0 Å². The van der Waals surface area contributed by atoms with E-state index in [1.807, 2.05) is 77.9 Å². The van der Waals surface area contributed by atoms with Gasteiger partial charge in [-0.15, -0.1) is 0 Å². The molecule has 0 radical (unpaired) electrons. The van der Waals surface area contributed by atoms with Crippen LogP contribution in [0.3, 0.4) is 0 Å². The summed E-state index contributed by atoms with van der Waals surface area (Å²) in [4.78, 5) is 0. The summed E-state index contributed by atoms with van der Waals surface area (Å²) in [7, 11) is 0. The second-order valence-corrected chi connectivity index (χ2v) is 3.09. The Morgan fingerprint density at radius 1 is 0.526 bits per heavy atom. The molecule has 104 valence electrons. The third-order valence-corrected chi connectivity index (χ3v) is 2.28. The molecule has 0 atom stereocenters. The smallest absolute Gasteiger partial charge is 0.135 e. The van der Waals surface area contributed by atoms with Crippen LogP contribution in [0.4, 0.5) is 0 Å². The second kappa shape index (κ2) is 10.2. The molecule has 1 aromatic heterocycles. The number of rotatable bonds is 0. The van der Waals surface area contributed by atoms with Crippen LogP contribution in [-0.2, 0) is 0 Å². The topological polar surface area (TPSA) is 13.1 Å². The van der Waals surface area contributed by atoms with Gasteiger partial charge in [-0.25, -0.2) is 0 Å². The minimum atomic E-state index is 0.962. The number of benzene rings is 2. The van der Waals surface area contributed by atoms with Crippen LogP contribution in [-0.4, -0.2) is 0 Å². The number of hydrogen-bond donors (Lipinski definition) is 0. The molecule has 0 aliphatic rings. The molecule has 0 bridgehead atoms. The van der Waals surface area contributed by atoms with Crippen molar-refractivity contribution in [1.29, 1.82) is 0 Å². The Labute approximate surface area is 117 Å². The maximum Gasteiger partial charge on any atom is 0.135 e. The fraction of sp³-hybridized carbons (Fsp3) is 0.333. The standard InChI is InChI=1S/C12H8O.3C2H6/c1-3-7-11-9(5-1)10-6-2-4-8-12(10)13-11;3*1-2/h1-8H;3*1-2H3. The van der Waals surface area contributed by atoms with Crippen molar-refractivity contribution in [3.8, 4) is 0 Å². The number of para-hydroxylation sites is 2. The van der Waals surface area contributed by atoms with Gasteiger partial charge in [0.2, 0.25) is 0 Å². The van der Waals surface area contributed by atoms with Crippen LogP contribution >= 0.6 is 0 Å². The minimum absolute atomic E-state index is 0.962. The Morgan fingerprint density at radius 3 is 1.21 bits per heavy atom. The summed E-state index contributed by atoms with van der Waals surface area (Å²) in [5.74, 6) is 0. The third-order valence-electron chi connectivity index (χ3n) is 2.28. The van der Waals surface area contributed by atoms with Gasteiger partial charge >= 0.3 is 0 Å². The van der Waals surface area contributed by atoms with Gasteiger partial charge < -0.3 is 4.42 Å². The molecule has 1 nitrogen and oxygen atoms in total. The van der Waals surface area contributed by atoms with Crippen LogP contribution in [0.2, 0.25) is 0 Å². The molecule has 19 heavy (non-hydrogen) atoms. The Morgan fingerprint density at radius 2 is 0.842 bits per heavy atom. The van der Waals surface area contributed by atoms with Crippen LogP contribution in [0.15, 0.2) is 52.9 Å². The van der Waals surface area contributed by atoms with E-state index in [9.17, 15) is 0 Å². The van der Waals surface area contributed by atoms with Crippen molar-refractivity contribution in [2.75, 3.05) is 0 Å². The van der Waals surface area contributed by atoms with Gasteiger partial charge in [0.25, 0.3) is 0 Å². The SMILES string of the molecule is CC.CC.CC.c1ccc2c(c1)oc1ccccc12. The number of fused-ring (bicyclic) bond motifs is 3. The molecule has 0 amide bonds. The number of furan rings is 1. The summed E-state index contributed by atoms with van der Waals surface area (Å²) in [6.45, 7) is 12.0. The number of hydrogen-bond acceptors (Lipinski definition) is 1. The van der Waals surface area contributed by atoms with Gasteiger partial charge in [0, 0.05) is 10.8 Å². The molecule has 0 saturated heterocycles. The van der Waals surface area contributed by atoms with Crippen LogP contribution in [0.1, 0.15) is 41.5 Å². The normalized spacial score (nSPS) is 8.53. The first-order chi connectivity index (χ1) is 9.45. The summed E-state index contributed by atoms with van der Waals surface area (Å²) >= 11 is 0. The second-order valence-electron chi connectivity index (χ2n) is 3.09. The molecule has 0 aliphatic carbocycles. The highest BCUT2D eigenvalue weighted by Gasteiger charge is 2.03. The quantitative estimate of drug-likeness (QED) is 0.439. The molecule has 0 unspecified atom stereocenters. The van der Waals surface area contributed by atoms with Crippen molar-refractivity contribution in [2.45, 2.75) is 41.5 Å². The van der Waals surface area contributed by atoms with Crippen molar-refractivity contribution in [1.82, 2.24) is 0 Å². The van der Waals surface area contributed by atoms with Gasteiger partial charge in [0.1, 0.15) is 11.2 Å². The fourth-order valence-electron chi connectivity index (χ4n) is 1.67. The van der Waals surface area contributed by atoms with Crippen molar-refractivity contribution in [3.63, 3.8) is 0 Å². The fourth-order valence-corrected chi connectivity index (χ4v) is 1.67. The van der Waals surface area contributed by atoms with Gasteiger partial charge in [-0.3, -0.25) is 0 Å². The zero-order chi connectivity index (χ0) is 14.7. The lowest BCUT2D eigenvalue weighted by Gasteiger charge is -1.85. The maximum absolute atomic E-state index is 5.65. The van der Waals surface area contributed by atoms with Crippen LogP contribution in [0, 0.1) is 0 Å². The predicted molar refractivity (Wildman–Crippen MR) is 87.8 cm³/mol. The Hall–Kier alpha value is -1.76. The largest absolute Gasteiger partial charge is 0.456 e. The summed E-state index contributed by atoms with van der Waals surface area (Å²) in [5, 5.41) is 2.39. The highest BCUT2D eigenvalue weighted by Crippen LogP contribution is 2.27. The monoisotopic (exact) mass is 258 g/mol. The molecule has 0 aliphatic heterocycles. The van der Waals surface area contributed by atoms with Crippen LogP contribution in [0.25, 0.3) is 21.9 Å². The van der Waals surface area contributed by atoms with E-state index in [2.05, 4.69) is 12.1 Å². The molecule has 0 fully saturated rings. The lowest BCUT2D eigenvalue weighted by Crippen LogP contribution is -1.62. The molecule has 2 aromatic carbocycles. The zero-order valence-electron chi connectivity index (χ0n) is 13.0. The lowest BCUT2D eigenvalue weighted by atomic mass is 10.2. The summed E-state index contributed by atoms with van der Waals surface area (Å²) in [6, 6.07) is 16.2. The van der Waals surface area contributed by atoms with Crippen molar-refractivity contribution in [2.24, 2.45) is 0 Å². The average molecular weight is 258 g/mol. The van der Waals surface area contributed by atoms with E-state index in [-0.39, 0.29) is 0 Å². The Balaban J connectivity index is 0.000000482. The van der Waals surface area contributed by atoms with E-state index in [1.165, 1.54) is 10.8 Å². The van der Waals surface area contributed by atoms with E-state index in [1.54, 1.807) is 0 Å². The third kappa shape index (κ3) is 4.13. The van der Waals surface area contributed by atoms with Crippen LogP contribution < -0.4 is 0 Å². The van der Waals surface area contributed by atoms with Gasteiger partial charge in [0.05, 0.1) is 0 Å². The Bertz CT molecular complexity index is 513. The predicted octanol–water partition coefficient (Wildman–Crippen LogP) is 6.66. The van der Waals surface area contributed by atoms with Gasteiger partial charge in [0.15, 0.2) is 0 Å². The highest BCUT2D eigenvalue weighted by atomic mass is 16.3. The molecule has 3 rings (SSSR count). The maximum atomic E-state index is 5.65. The summed E-state index contributed by atoms with van der Waals surface area (Å²) in [6.07, 6.45) is 0. The van der Waals surface area contributed by atoms with Gasteiger partial charge in [-0.05, 0) is 12.1 Å². The molecule has 1 heterocycles. The molecule has 1 heteroatoms. The van der Waals surface area contributed by atoms with Gasteiger partial charge in [-0.1, -0.05) is 77.9 Å². The van der Waals surface area contributed by atoms with E-state index in [0.717, 1.165) is 11.2 Å². The first kappa shape index (κ1) is 17.2. The molecular weight excluding hydrogens is 232 g/mol. The molecule has 0 spiro atoms. The summed E-state index contributed by atoms with van der Waals surface area (Å²) in [5.41, 5.74) is 1.92. The van der Waals surface area contributed by atoms with Crippen molar-refractivity contribution in [3.05, 3.63) is 48.5 Å². The van der Waals surface area contributed by atoms with E-state index >= 15 is 0 Å². The van der Waals surface area contributed by atoms with Crippen molar-refractivity contribution >= 4 is 21.9 Å². The van der Waals surface area contributed by atoms with Gasteiger partial charge in [-0.2, -0.15) is 0 Å². The van der Waals surface area contributed by atoms with E-state index in [0.29, 0.717) is 0 Å². The zero-order valence-corrected chi connectivity index (χ0v) is 13.0. The summed E-state index contributed by atoms with van der Waals surface area (Å²) < 4.78 is 5.65. The highest BCUT2D eigenvalue weighted by molar-refractivity contribution is 6.04. The minimum Gasteiger partial charge on any atom is -0.456 e. The van der Waals surface area contributed by atoms with E-state index in [4.69, 9.17) is 4.42 Å².